The molecule has 2 aliphatic rings. The maximum absolute atomic E-state index is 12.8. The van der Waals surface area contributed by atoms with Gasteiger partial charge in [-0.3, -0.25) is 0 Å². The lowest BCUT2D eigenvalue weighted by Crippen LogP contribution is -2.52. The highest BCUT2D eigenvalue weighted by Crippen LogP contribution is 2.39. The predicted octanol–water partition coefficient (Wildman–Crippen LogP) is 4.48. The molecule has 0 unspecified atom stereocenters. The zero-order chi connectivity index (χ0) is 22.1. The Labute approximate surface area is 196 Å². The van der Waals surface area contributed by atoms with Crippen molar-refractivity contribution in [1.29, 1.82) is 0 Å². The van der Waals surface area contributed by atoms with Gasteiger partial charge in [0.25, 0.3) is 0 Å². The molecular weight excluding hydrogens is 447 g/mol. The number of pyridine rings is 1. The van der Waals surface area contributed by atoms with Crippen LogP contribution in [0, 0.1) is 0 Å². The van der Waals surface area contributed by atoms with Gasteiger partial charge in [0, 0.05) is 43.3 Å². The van der Waals surface area contributed by atoms with Crippen molar-refractivity contribution < 1.29 is 4.79 Å². The molecule has 1 saturated heterocycles. The van der Waals surface area contributed by atoms with Crippen molar-refractivity contribution in [2.45, 2.75) is 25.3 Å². The first-order chi connectivity index (χ1) is 15.6. The molecule has 2 amide bonds. The first kappa shape index (κ1) is 21.1. The number of rotatable bonds is 5. The molecule has 1 N–H and O–H groups in total. The monoisotopic (exact) mass is 470 g/mol. The minimum atomic E-state index is -0.0800. The van der Waals surface area contributed by atoms with Crippen LogP contribution in [-0.2, 0) is 6.54 Å². The van der Waals surface area contributed by atoms with E-state index in [4.69, 9.17) is 28.3 Å². The summed E-state index contributed by atoms with van der Waals surface area (Å²) in [4.78, 5) is 21.2. The minimum Gasteiger partial charge on any atom is -0.352 e. The average Bonchev–Trinajstić information content (AvgIpc) is 3.57. The predicted molar refractivity (Wildman–Crippen MR) is 126 cm³/mol. The van der Waals surface area contributed by atoms with E-state index in [0.717, 1.165) is 22.9 Å². The first-order valence-corrected chi connectivity index (χ1v) is 11.6. The van der Waals surface area contributed by atoms with Crippen LogP contribution in [0.2, 0.25) is 10.0 Å². The van der Waals surface area contributed by atoms with Crippen molar-refractivity contribution in [3.63, 3.8) is 0 Å². The largest absolute Gasteiger partial charge is 0.352 e. The third-order valence-corrected chi connectivity index (χ3v) is 6.41. The second kappa shape index (κ2) is 9.00. The van der Waals surface area contributed by atoms with Gasteiger partial charge in [-0.1, -0.05) is 29.3 Å². The quantitative estimate of drug-likeness (QED) is 0.596. The van der Waals surface area contributed by atoms with Gasteiger partial charge in [0.1, 0.15) is 5.82 Å². The molecule has 1 saturated carbocycles. The van der Waals surface area contributed by atoms with E-state index in [9.17, 15) is 4.79 Å². The van der Waals surface area contributed by atoms with Gasteiger partial charge < -0.3 is 15.1 Å². The molecule has 32 heavy (non-hydrogen) atoms. The summed E-state index contributed by atoms with van der Waals surface area (Å²) >= 11 is 12.5. The van der Waals surface area contributed by atoms with Crippen molar-refractivity contribution in [2.24, 2.45) is 0 Å². The Bertz CT molecular complexity index is 1120. The van der Waals surface area contributed by atoms with Gasteiger partial charge in [-0.15, -0.1) is 0 Å². The molecule has 5 rings (SSSR count). The highest BCUT2D eigenvalue weighted by atomic mass is 35.5. The Morgan fingerprint density at radius 2 is 1.88 bits per heavy atom. The molecule has 2 aromatic heterocycles. The van der Waals surface area contributed by atoms with Crippen molar-refractivity contribution in [2.75, 3.05) is 31.1 Å². The number of halogens is 2. The molecule has 7 nitrogen and oxygen atoms in total. The highest BCUT2D eigenvalue weighted by Gasteiger charge is 2.28. The molecule has 1 aliphatic carbocycles. The summed E-state index contributed by atoms with van der Waals surface area (Å²) in [6.07, 6.45) is 4.07. The molecule has 1 aliphatic heterocycles. The fourth-order valence-corrected chi connectivity index (χ4v) is 4.41. The van der Waals surface area contributed by atoms with Gasteiger partial charge in [-0.05, 0) is 49.2 Å². The Morgan fingerprint density at radius 3 is 2.59 bits per heavy atom. The number of nitrogens with zero attached hydrogens (tertiary/aromatic N) is 5. The molecule has 0 radical (unpaired) electrons. The molecule has 2 fully saturated rings. The normalized spacial score (nSPS) is 16.3. The van der Waals surface area contributed by atoms with Gasteiger partial charge in [-0.2, -0.15) is 5.10 Å². The topological polar surface area (TPSA) is 66.3 Å². The van der Waals surface area contributed by atoms with E-state index < -0.39 is 0 Å². The lowest BCUT2D eigenvalue weighted by atomic mass is 10.2. The van der Waals surface area contributed by atoms with E-state index in [1.54, 1.807) is 6.20 Å². The van der Waals surface area contributed by atoms with E-state index in [-0.39, 0.29) is 6.03 Å². The number of anilines is 1. The van der Waals surface area contributed by atoms with E-state index in [1.165, 1.54) is 12.8 Å². The number of hydrogen-bond donors (Lipinski definition) is 1. The smallest absolute Gasteiger partial charge is 0.317 e. The number of carbonyl (C=O) groups is 1. The number of aromatic nitrogens is 3. The Morgan fingerprint density at radius 1 is 1.06 bits per heavy atom. The van der Waals surface area contributed by atoms with Gasteiger partial charge in [0.15, 0.2) is 0 Å². The lowest BCUT2D eigenvalue weighted by molar-refractivity contribution is 0.193. The van der Waals surface area contributed by atoms with E-state index in [1.807, 2.05) is 46.0 Å². The maximum atomic E-state index is 12.8. The molecule has 3 aromatic rings. The second-order valence-electron chi connectivity index (χ2n) is 8.17. The van der Waals surface area contributed by atoms with Crippen LogP contribution < -0.4 is 10.2 Å². The molecule has 9 heteroatoms. The number of carbonyl (C=O) groups excluding carboxylic acids is 1. The Balaban J connectivity index is 1.23. The Hall–Kier alpha value is -2.77. The second-order valence-corrected chi connectivity index (χ2v) is 9.01. The van der Waals surface area contributed by atoms with Gasteiger partial charge in [0.2, 0.25) is 0 Å². The fourth-order valence-electron chi connectivity index (χ4n) is 3.99. The third kappa shape index (κ3) is 4.54. The third-order valence-electron chi connectivity index (χ3n) is 5.88. The van der Waals surface area contributed by atoms with Crippen molar-refractivity contribution >= 4 is 35.1 Å². The van der Waals surface area contributed by atoms with Crippen LogP contribution in [-0.4, -0.2) is 51.9 Å². The van der Waals surface area contributed by atoms with Crippen LogP contribution in [0.5, 0.6) is 0 Å². The summed E-state index contributed by atoms with van der Waals surface area (Å²) in [5.41, 5.74) is 2.92. The summed E-state index contributed by atoms with van der Waals surface area (Å²) in [7, 11) is 0. The molecule has 0 bridgehead atoms. The summed E-state index contributed by atoms with van der Waals surface area (Å²) in [6, 6.07) is 13.3. The minimum absolute atomic E-state index is 0.0800. The van der Waals surface area contributed by atoms with E-state index in [2.05, 4.69) is 21.3 Å². The van der Waals surface area contributed by atoms with Crippen LogP contribution >= 0.6 is 23.2 Å². The number of benzene rings is 1. The van der Waals surface area contributed by atoms with Crippen LogP contribution in [0.1, 0.15) is 30.1 Å². The van der Waals surface area contributed by atoms with E-state index in [0.29, 0.717) is 48.7 Å². The first-order valence-electron chi connectivity index (χ1n) is 10.8. The summed E-state index contributed by atoms with van der Waals surface area (Å²) < 4.78 is 1.89. The van der Waals surface area contributed by atoms with Crippen LogP contribution in [0.4, 0.5) is 10.6 Å². The number of hydrogen-bond acceptors (Lipinski definition) is 4. The number of nitrogens with one attached hydrogen (secondary N) is 1. The van der Waals surface area contributed by atoms with Crippen molar-refractivity contribution in [3.8, 4) is 5.69 Å². The lowest BCUT2D eigenvalue weighted by Gasteiger charge is -2.35. The van der Waals surface area contributed by atoms with Crippen molar-refractivity contribution in [3.05, 3.63) is 70.1 Å². The van der Waals surface area contributed by atoms with E-state index >= 15 is 0 Å². The van der Waals surface area contributed by atoms with Crippen LogP contribution in [0.15, 0.2) is 48.7 Å². The van der Waals surface area contributed by atoms with Crippen LogP contribution in [0.3, 0.4) is 0 Å². The average molecular weight is 471 g/mol. The SMILES string of the molecule is O=C(NCc1cc(C2CC2)nn1-c1cccc(Cl)c1)N1CCN(c2ncccc2Cl)CC1. The molecule has 1 aromatic carbocycles. The summed E-state index contributed by atoms with van der Waals surface area (Å²) in [5.74, 6) is 1.30. The zero-order valence-corrected chi connectivity index (χ0v) is 19.1. The number of amides is 2. The molecular formula is C23H24Cl2N6O. The summed E-state index contributed by atoms with van der Waals surface area (Å²) in [6.45, 7) is 3.00. The highest BCUT2D eigenvalue weighted by molar-refractivity contribution is 6.33. The van der Waals surface area contributed by atoms with Gasteiger partial charge >= 0.3 is 6.03 Å². The van der Waals surface area contributed by atoms with Gasteiger partial charge in [0.05, 0.1) is 28.6 Å². The standard InChI is InChI=1S/C23H24Cl2N6O/c24-17-3-1-4-18(13-17)31-19(14-21(28-31)16-6-7-16)15-27-23(32)30-11-9-29(10-12-30)22-20(25)5-2-8-26-22/h1-5,8,13-14,16H,6-7,9-12,15H2,(H,27,32). The number of urea groups is 1. The molecule has 3 heterocycles. The summed E-state index contributed by atoms with van der Waals surface area (Å²) in [5, 5.41) is 9.15. The van der Waals surface area contributed by atoms with Crippen LogP contribution in [0.25, 0.3) is 5.69 Å². The molecule has 166 valence electrons. The zero-order valence-electron chi connectivity index (χ0n) is 17.5. The maximum Gasteiger partial charge on any atom is 0.317 e. The Kier molecular flexibility index (Phi) is 5.93. The molecule has 0 spiro atoms. The fraction of sp³-hybridized carbons (Fsp3) is 0.348. The molecule has 0 atom stereocenters. The number of piperazine rings is 1. The van der Waals surface area contributed by atoms with Gasteiger partial charge in [-0.25, -0.2) is 14.5 Å². The van der Waals surface area contributed by atoms with Crippen molar-refractivity contribution in [1.82, 2.24) is 25.0 Å².